The molecule has 0 aliphatic carbocycles. The molecule has 0 saturated carbocycles. The number of pyridine rings is 1. The van der Waals surface area contributed by atoms with E-state index in [1.54, 1.807) is 18.2 Å². The van der Waals surface area contributed by atoms with Gasteiger partial charge in [0.2, 0.25) is 23.5 Å². The van der Waals surface area contributed by atoms with Crippen LogP contribution in [0.4, 0.5) is 18.9 Å². The molecule has 0 spiro atoms. The molecule has 1 amide bonds. The highest BCUT2D eigenvalue weighted by molar-refractivity contribution is 6.32. The Balaban J connectivity index is 1.29. The maximum Gasteiger partial charge on any atom is 0.419 e. The summed E-state index contributed by atoms with van der Waals surface area (Å²) in [6, 6.07) is 14.5. The van der Waals surface area contributed by atoms with Crippen LogP contribution in [-0.4, -0.2) is 27.6 Å². The van der Waals surface area contributed by atoms with Crippen molar-refractivity contribution in [1.82, 2.24) is 15.1 Å². The highest BCUT2D eigenvalue weighted by Gasteiger charge is 2.36. The van der Waals surface area contributed by atoms with E-state index >= 15 is 0 Å². The number of aromatic nitrogens is 3. The maximum absolute atomic E-state index is 13.2. The first-order valence-corrected chi connectivity index (χ1v) is 11.2. The lowest BCUT2D eigenvalue weighted by Crippen LogP contribution is -2.24. The maximum atomic E-state index is 13.2. The molecule has 4 aromatic rings. The Morgan fingerprint density at radius 3 is 2.68 bits per heavy atom. The molecule has 2 aromatic carbocycles. The number of benzene rings is 2. The molecule has 1 fully saturated rings. The fraction of sp³-hybridized carbons (Fsp3) is 0.160. The second-order valence-corrected chi connectivity index (χ2v) is 8.53. The number of ether oxygens (including phenoxy) is 1. The van der Waals surface area contributed by atoms with Gasteiger partial charge in [0.25, 0.3) is 0 Å². The van der Waals surface area contributed by atoms with Gasteiger partial charge in [0, 0.05) is 36.5 Å². The highest BCUT2D eigenvalue weighted by Crippen LogP contribution is 2.38. The topological polar surface area (TPSA) is 105 Å². The summed E-state index contributed by atoms with van der Waals surface area (Å²) in [6.45, 7) is 0.284. The number of anilines is 1. The smallest absolute Gasteiger partial charge is 0.419 e. The van der Waals surface area contributed by atoms with Crippen LogP contribution in [0.3, 0.4) is 0 Å². The van der Waals surface area contributed by atoms with Crippen LogP contribution in [0.5, 0.6) is 11.6 Å². The molecule has 186 valence electrons. The van der Waals surface area contributed by atoms with Crippen LogP contribution in [-0.2, 0) is 11.0 Å². The number of rotatable bonds is 5. The fourth-order valence-electron chi connectivity index (χ4n) is 3.88. The Bertz CT molecular complexity index is 1520. The number of alkyl halides is 3. The van der Waals surface area contributed by atoms with Gasteiger partial charge in [-0.2, -0.15) is 23.4 Å². The van der Waals surface area contributed by atoms with E-state index in [1.807, 2.05) is 6.07 Å². The number of halogens is 4. The van der Waals surface area contributed by atoms with Crippen molar-refractivity contribution in [3.05, 3.63) is 82.8 Å². The van der Waals surface area contributed by atoms with Crippen molar-refractivity contribution >= 4 is 23.2 Å². The van der Waals surface area contributed by atoms with Crippen molar-refractivity contribution in [2.24, 2.45) is 0 Å². The number of para-hydroxylation sites is 1. The zero-order valence-electron chi connectivity index (χ0n) is 18.7. The molecule has 0 radical (unpaired) electrons. The minimum absolute atomic E-state index is 0.0396. The van der Waals surface area contributed by atoms with E-state index in [4.69, 9.17) is 26.1 Å². The molecule has 1 aliphatic heterocycles. The standard InChI is InChI=1S/C25H15ClF3N5O3/c26-19-10-17(7-5-14(19)11-30)34-13-16(9-22(34)35)24-32-23(33-37-24)15-6-8-21(31-12-15)36-20-4-2-1-3-18(20)25(27,28)29/h1-8,10,12,16H,9,13H2. The van der Waals surface area contributed by atoms with Crippen LogP contribution in [0.25, 0.3) is 11.4 Å². The van der Waals surface area contributed by atoms with E-state index in [0.29, 0.717) is 16.8 Å². The number of hydrogen-bond acceptors (Lipinski definition) is 7. The number of hydrogen-bond donors (Lipinski definition) is 0. The molecule has 5 rings (SSSR count). The number of nitrogens with zero attached hydrogens (tertiary/aromatic N) is 5. The quantitative estimate of drug-likeness (QED) is 0.315. The average molecular weight is 526 g/mol. The van der Waals surface area contributed by atoms with Crippen LogP contribution in [0, 0.1) is 11.3 Å². The van der Waals surface area contributed by atoms with Crippen LogP contribution in [0.2, 0.25) is 5.02 Å². The van der Waals surface area contributed by atoms with Crippen molar-refractivity contribution in [1.29, 1.82) is 5.26 Å². The SMILES string of the molecule is N#Cc1ccc(N2CC(c3nc(-c4ccc(Oc5ccccc5C(F)(F)F)nc4)no3)CC2=O)cc1Cl. The van der Waals surface area contributed by atoms with Gasteiger partial charge in [-0.3, -0.25) is 4.79 Å². The van der Waals surface area contributed by atoms with E-state index in [1.165, 1.54) is 41.4 Å². The second-order valence-electron chi connectivity index (χ2n) is 8.12. The number of carbonyl (C=O) groups excluding carboxylic acids is 1. The summed E-state index contributed by atoms with van der Waals surface area (Å²) in [6.07, 6.45) is -3.07. The van der Waals surface area contributed by atoms with Crippen molar-refractivity contribution < 1.29 is 27.2 Å². The largest absolute Gasteiger partial charge is 0.438 e. The molecular formula is C25H15ClF3N5O3. The molecule has 37 heavy (non-hydrogen) atoms. The van der Waals surface area contributed by atoms with Crippen molar-refractivity contribution in [2.45, 2.75) is 18.5 Å². The zero-order valence-corrected chi connectivity index (χ0v) is 19.5. The average Bonchev–Trinajstić information content (AvgIpc) is 3.51. The summed E-state index contributed by atoms with van der Waals surface area (Å²) < 4.78 is 50.3. The molecule has 3 heterocycles. The van der Waals surface area contributed by atoms with Gasteiger partial charge in [0.1, 0.15) is 11.8 Å². The van der Waals surface area contributed by atoms with Crippen LogP contribution >= 0.6 is 11.6 Å². The van der Waals surface area contributed by atoms with E-state index in [2.05, 4.69) is 15.1 Å². The van der Waals surface area contributed by atoms with Gasteiger partial charge in [-0.05, 0) is 36.4 Å². The van der Waals surface area contributed by atoms with Gasteiger partial charge in [0.15, 0.2) is 0 Å². The molecule has 1 saturated heterocycles. The molecule has 0 N–H and O–H groups in total. The predicted octanol–water partition coefficient (Wildman–Crippen LogP) is 5.99. The Labute approximate surface area is 212 Å². The number of carbonyl (C=O) groups is 1. The van der Waals surface area contributed by atoms with Gasteiger partial charge >= 0.3 is 6.18 Å². The number of amides is 1. The van der Waals surface area contributed by atoms with Crippen molar-refractivity contribution in [3.8, 4) is 29.1 Å². The Morgan fingerprint density at radius 2 is 1.97 bits per heavy atom. The van der Waals surface area contributed by atoms with Crippen molar-refractivity contribution in [2.75, 3.05) is 11.4 Å². The molecule has 8 nitrogen and oxygen atoms in total. The molecule has 1 unspecified atom stereocenters. The normalized spacial score (nSPS) is 15.6. The molecular weight excluding hydrogens is 511 g/mol. The first kappa shape index (κ1) is 24.3. The fourth-order valence-corrected chi connectivity index (χ4v) is 4.10. The zero-order chi connectivity index (χ0) is 26.2. The lowest BCUT2D eigenvalue weighted by Gasteiger charge is -2.16. The van der Waals surface area contributed by atoms with Crippen LogP contribution < -0.4 is 9.64 Å². The summed E-state index contributed by atoms with van der Waals surface area (Å²) in [5, 5.41) is 13.2. The minimum atomic E-state index is -4.57. The van der Waals surface area contributed by atoms with Gasteiger partial charge in [-0.15, -0.1) is 0 Å². The summed E-state index contributed by atoms with van der Waals surface area (Å²) in [5.74, 6) is -0.467. The van der Waals surface area contributed by atoms with Crippen molar-refractivity contribution in [3.63, 3.8) is 0 Å². The van der Waals surface area contributed by atoms with E-state index in [-0.39, 0.29) is 53.2 Å². The molecule has 1 atom stereocenters. The first-order chi connectivity index (χ1) is 17.7. The van der Waals surface area contributed by atoms with E-state index in [9.17, 15) is 18.0 Å². The van der Waals surface area contributed by atoms with Crippen LogP contribution in [0.1, 0.15) is 29.4 Å². The predicted molar refractivity (Wildman–Crippen MR) is 125 cm³/mol. The van der Waals surface area contributed by atoms with Gasteiger partial charge in [0.05, 0.1) is 22.1 Å². The van der Waals surface area contributed by atoms with E-state index < -0.39 is 11.7 Å². The minimum Gasteiger partial charge on any atom is -0.438 e. The second kappa shape index (κ2) is 9.55. The summed E-state index contributed by atoms with van der Waals surface area (Å²) in [5.41, 5.74) is 0.409. The van der Waals surface area contributed by atoms with Gasteiger partial charge in [-0.25, -0.2) is 4.98 Å². The summed E-state index contributed by atoms with van der Waals surface area (Å²) in [7, 11) is 0. The molecule has 1 aliphatic rings. The third-order valence-corrected chi connectivity index (χ3v) is 6.02. The molecule has 0 bridgehead atoms. The van der Waals surface area contributed by atoms with Crippen LogP contribution in [0.15, 0.2) is 65.3 Å². The Hall–Kier alpha value is -4.43. The summed E-state index contributed by atoms with van der Waals surface area (Å²) >= 11 is 6.10. The van der Waals surface area contributed by atoms with Gasteiger partial charge < -0.3 is 14.2 Å². The third-order valence-electron chi connectivity index (χ3n) is 5.70. The molecule has 12 heteroatoms. The monoisotopic (exact) mass is 525 g/mol. The molecule has 2 aromatic heterocycles. The van der Waals surface area contributed by atoms with Gasteiger partial charge in [-0.1, -0.05) is 28.9 Å². The number of nitriles is 1. The van der Waals surface area contributed by atoms with E-state index in [0.717, 1.165) is 6.07 Å². The highest BCUT2D eigenvalue weighted by atomic mass is 35.5. The Kier molecular flexibility index (Phi) is 6.27. The summed E-state index contributed by atoms with van der Waals surface area (Å²) in [4.78, 5) is 22.6. The first-order valence-electron chi connectivity index (χ1n) is 10.9. The lowest BCUT2D eigenvalue weighted by atomic mass is 10.1. The third kappa shape index (κ3) is 4.96. The Morgan fingerprint density at radius 1 is 1.16 bits per heavy atom. The lowest BCUT2D eigenvalue weighted by molar-refractivity contribution is -0.138.